The molecule has 1 aliphatic rings. The SMILES string of the molecule is C=N/C=C(\C=C/COC)C(=O)NC1=NC=C(C)CC=C1. The maximum absolute atomic E-state index is 12.1. The lowest BCUT2D eigenvalue weighted by Gasteiger charge is -2.04. The van der Waals surface area contributed by atoms with E-state index in [0.29, 0.717) is 18.0 Å². The zero-order chi connectivity index (χ0) is 14.8. The lowest BCUT2D eigenvalue weighted by atomic mass is 10.2. The Labute approximate surface area is 119 Å². The number of allylic oxidation sites excluding steroid dienone is 2. The molecule has 1 N–H and O–H groups in total. The Morgan fingerprint density at radius 3 is 3.15 bits per heavy atom. The van der Waals surface area contributed by atoms with E-state index in [2.05, 4.69) is 22.0 Å². The molecule has 0 aromatic rings. The molecule has 1 amide bonds. The summed E-state index contributed by atoms with van der Waals surface area (Å²) >= 11 is 0. The Bertz CT molecular complexity index is 511. The molecule has 0 bridgehead atoms. The van der Waals surface area contributed by atoms with Crippen LogP contribution in [0.4, 0.5) is 0 Å². The number of amides is 1. The molecule has 1 heterocycles. The number of hydrogen-bond acceptors (Lipinski definition) is 4. The first-order valence-corrected chi connectivity index (χ1v) is 6.20. The number of methoxy groups -OCH3 is 1. The lowest BCUT2D eigenvalue weighted by molar-refractivity contribution is -0.115. The van der Waals surface area contributed by atoms with Crippen LogP contribution in [0.25, 0.3) is 0 Å². The van der Waals surface area contributed by atoms with Gasteiger partial charge in [-0.15, -0.1) is 0 Å². The van der Waals surface area contributed by atoms with Gasteiger partial charge in [-0.25, -0.2) is 4.99 Å². The molecule has 0 atom stereocenters. The van der Waals surface area contributed by atoms with Gasteiger partial charge in [0.05, 0.1) is 12.2 Å². The van der Waals surface area contributed by atoms with Gasteiger partial charge < -0.3 is 10.1 Å². The van der Waals surface area contributed by atoms with Crippen molar-refractivity contribution in [2.24, 2.45) is 9.98 Å². The van der Waals surface area contributed by atoms with Gasteiger partial charge >= 0.3 is 0 Å². The Morgan fingerprint density at radius 1 is 1.65 bits per heavy atom. The smallest absolute Gasteiger partial charge is 0.258 e. The Kier molecular flexibility index (Phi) is 6.92. The average Bonchev–Trinajstić information content (AvgIpc) is 2.63. The molecule has 5 nitrogen and oxygen atoms in total. The molecule has 1 aliphatic heterocycles. The minimum Gasteiger partial charge on any atom is -0.381 e. The van der Waals surface area contributed by atoms with Crippen LogP contribution in [0.15, 0.2) is 57.8 Å². The first-order valence-electron chi connectivity index (χ1n) is 6.20. The van der Waals surface area contributed by atoms with Gasteiger partial charge in [0.25, 0.3) is 5.91 Å². The van der Waals surface area contributed by atoms with Crippen LogP contribution in [0.2, 0.25) is 0 Å². The predicted molar refractivity (Wildman–Crippen MR) is 81.7 cm³/mol. The summed E-state index contributed by atoms with van der Waals surface area (Å²) in [5.41, 5.74) is 1.52. The minimum atomic E-state index is -0.291. The average molecular weight is 273 g/mol. The number of ether oxygens (including phenoxy) is 1. The molecule has 0 fully saturated rings. The van der Waals surface area contributed by atoms with Crippen LogP contribution in [0.5, 0.6) is 0 Å². The first kappa shape index (κ1) is 15.8. The van der Waals surface area contributed by atoms with Crippen molar-refractivity contribution in [3.63, 3.8) is 0 Å². The number of carbonyl (C=O) groups is 1. The molecule has 0 saturated carbocycles. The summed E-state index contributed by atoms with van der Waals surface area (Å²) < 4.78 is 4.89. The third-order valence-electron chi connectivity index (χ3n) is 2.43. The molecule has 0 aliphatic carbocycles. The molecule has 0 radical (unpaired) electrons. The van der Waals surface area contributed by atoms with Crippen molar-refractivity contribution >= 4 is 18.5 Å². The molecule has 20 heavy (non-hydrogen) atoms. The van der Waals surface area contributed by atoms with Gasteiger partial charge in [0.2, 0.25) is 0 Å². The highest BCUT2D eigenvalue weighted by atomic mass is 16.5. The van der Waals surface area contributed by atoms with E-state index < -0.39 is 0 Å². The number of nitrogens with one attached hydrogen (secondary N) is 1. The van der Waals surface area contributed by atoms with E-state index in [1.807, 2.05) is 13.0 Å². The molecule has 106 valence electrons. The number of amidine groups is 1. The summed E-state index contributed by atoms with van der Waals surface area (Å²) in [5, 5.41) is 2.72. The quantitative estimate of drug-likeness (QED) is 0.474. The molecule has 0 saturated heterocycles. The van der Waals surface area contributed by atoms with Crippen molar-refractivity contribution in [3.8, 4) is 0 Å². The first-order chi connectivity index (χ1) is 9.67. The molecule has 0 aromatic heterocycles. The third-order valence-corrected chi connectivity index (χ3v) is 2.43. The summed E-state index contributed by atoms with van der Waals surface area (Å²) in [5.74, 6) is 0.211. The number of rotatable bonds is 5. The van der Waals surface area contributed by atoms with Crippen molar-refractivity contribution in [1.29, 1.82) is 0 Å². The molecule has 0 spiro atoms. The summed E-state index contributed by atoms with van der Waals surface area (Å²) in [6, 6.07) is 0. The van der Waals surface area contributed by atoms with Crippen LogP contribution in [-0.4, -0.2) is 32.2 Å². The Morgan fingerprint density at radius 2 is 2.45 bits per heavy atom. The number of carbonyl (C=O) groups excluding carboxylic acids is 1. The number of hydrogen-bond donors (Lipinski definition) is 1. The van der Waals surface area contributed by atoms with Crippen LogP contribution in [0.1, 0.15) is 13.3 Å². The van der Waals surface area contributed by atoms with Crippen LogP contribution in [-0.2, 0) is 9.53 Å². The van der Waals surface area contributed by atoms with Gasteiger partial charge in [-0.3, -0.25) is 9.79 Å². The van der Waals surface area contributed by atoms with Crippen LogP contribution < -0.4 is 5.32 Å². The van der Waals surface area contributed by atoms with Crippen molar-refractivity contribution in [3.05, 3.63) is 47.9 Å². The predicted octanol–water partition coefficient (Wildman–Crippen LogP) is 2.15. The van der Waals surface area contributed by atoms with Gasteiger partial charge in [-0.2, -0.15) is 0 Å². The van der Waals surface area contributed by atoms with Crippen LogP contribution in [0.3, 0.4) is 0 Å². The third kappa shape index (κ3) is 5.58. The van der Waals surface area contributed by atoms with Gasteiger partial charge in [-0.05, 0) is 32.2 Å². The molecule has 1 rings (SSSR count). The lowest BCUT2D eigenvalue weighted by Crippen LogP contribution is -2.29. The second kappa shape index (κ2) is 8.77. The fraction of sp³-hybridized carbons (Fsp3) is 0.267. The zero-order valence-electron chi connectivity index (χ0n) is 11.8. The molecular weight excluding hydrogens is 254 g/mol. The van der Waals surface area contributed by atoms with E-state index in [1.165, 1.54) is 6.20 Å². The number of nitrogens with zero attached hydrogens (tertiary/aromatic N) is 2. The van der Waals surface area contributed by atoms with Crippen LogP contribution in [0, 0.1) is 0 Å². The Hall–Kier alpha value is -2.27. The molecular formula is C15H19N3O2. The van der Waals surface area contributed by atoms with Gasteiger partial charge in [0.1, 0.15) is 5.84 Å². The van der Waals surface area contributed by atoms with E-state index in [0.717, 1.165) is 12.0 Å². The summed E-state index contributed by atoms with van der Waals surface area (Å²) in [7, 11) is 1.58. The second-order valence-electron chi connectivity index (χ2n) is 4.18. The van der Waals surface area contributed by atoms with E-state index in [-0.39, 0.29) is 5.91 Å². The van der Waals surface area contributed by atoms with Crippen molar-refractivity contribution in [1.82, 2.24) is 5.32 Å². The van der Waals surface area contributed by atoms with Crippen molar-refractivity contribution in [2.75, 3.05) is 13.7 Å². The van der Waals surface area contributed by atoms with E-state index in [4.69, 9.17) is 4.74 Å². The monoisotopic (exact) mass is 273 g/mol. The van der Waals surface area contributed by atoms with Crippen molar-refractivity contribution < 1.29 is 9.53 Å². The number of aliphatic imine (C=N–C) groups is 2. The maximum Gasteiger partial charge on any atom is 0.258 e. The fourth-order valence-electron chi connectivity index (χ4n) is 1.44. The molecule has 0 aromatic carbocycles. The minimum absolute atomic E-state index is 0.291. The highest BCUT2D eigenvalue weighted by Gasteiger charge is 2.08. The topological polar surface area (TPSA) is 63.0 Å². The van der Waals surface area contributed by atoms with E-state index >= 15 is 0 Å². The fourth-order valence-corrected chi connectivity index (χ4v) is 1.44. The molecule has 5 heteroatoms. The standard InChI is InChI=1S/C15H19N3O2/c1-12-6-4-8-14(17-10-12)18-15(19)13(11-16-2)7-5-9-20-3/h4-5,7-8,10-11H,2,6,9H2,1,3H3,(H,17,18,19)/b7-5-,13-11+. The highest BCUT2D eigenvalue weighted by molar-refractivity contribution is 6.11. The van der Waals surface area contributed by atoms with E-state index in [1.54, 1.807) is 31.5 Å². The summed E-state index contributed by atoms with van der Waals surface area (Å²) in [6.07, 6.45) is 11.1. The van der Waals surface area contributed by atoms with Gasteiger partial charge in [0, 0.05) is 19.5 Å². The summed E-state index contributed by atoms with van der Waals surface area (Å²) in [6.45, 7) is 5.76. The summed E-state index contributed by atoms with van der Waals surface area (Å²) in [4.78, 5) is 19.9. The normalized spacial score (nSPS) is 15.6. The molecule has 0 unspecified atom stereocenters. The highest BCUT2D eigenvalue weighted by Crippen LogP contribution is 2.05. The van der Waals surface area contributed by atoms with E-state index in [9.17, 15) is 4.79 Å². The largest absolute Gasteiger partial charge is 0.381 e. The van der Waals surface area contributed by atoms with Crippen LogP contribution >= 0.6 is 0 Å². The zero-order valence-corrected chi connectivity index (χ0v) is 11.8. The second-order valence-corrected chi connectivity index (χ2v) is 4.18. The van der Waals surface area contributed by atoms with Crippen molar-refractivity contribution in [2.45, 2.75) is 13.3 Å². The Balaban J connectivity index is 2.76. The van der Waals surface area contributed by atoms with Gasteiger partial charge in [-0.1, -0.05) is 17.7 Å². The maximum atomic E-state index is 12.1. The van der Waals surface area contributed by atoms with Gasteiger partial charge in [0.15, 0.2) is 0 Å².